The summed E-state index contributed by atoms with van der Waals surface area (Å²) >= 11 is 6.85. The zero-order valence-electron chi connectivity index (χ0n) is 13.7. The molecule has 0 unspecified atom stereocenters. The van der Waals surface area contributed by atoms with E-state index >= 15 is 0 Å². The molecular formula is C21H15Br2N3. The summed E-state index contributed by atoms with van der Waals surface area (Å²) in [6.07, 6.45) is 0. The van der Waals surface area contributed by atoms with Crippen LogP contribution in [0.25, 0.3) is 0 Å². The zero-order chi connectivity index (χ0) is 18.5. The fourth-order valence-electron chi connectivity index (χ4n) is 2.40. The van der Waals surface area contributed by atoms with Crippen LogP contribution in [0.2, 0.25) is 0 Å². The van der Waals surface area contributed by atoms with Crippen LogP contribution in [0.5, 0.6) is 0 Å². The van der Waals surface area contributed by atoms with Gasteiger partial charge in [-0.05, 0) is 24.3 Å². The summed E-state index contributed by atoms with van der Waals surface area (Å²) in [6.45, 7) is 0. The van der Waals surface area contributed by atoms with Gasteiger partial charge in [0.1, 0.15) is 0 Å². The van der Waals surface area contributed by atoms with Crippen molar-refractivity contribution in [2.45, 2.75) is 0 Å². The van der Waals surface area contributed by atoms with Crippen LogP contribution in [0.1, 0.15) is 16.7 Å². The van der Waals surface area contributed by atoms with Crippen molar-refractivity contribution in [1.82, 2.24) is 0 Å². The molecule has 0 aliphatic rings. The molecule has 0 aliphatic heterocycles. The fourth-order valence-corrected chi connectivity index (χ4v) is 2.93. The van der Waals surface area contributed by atoms with Crippen LogP contribution in [0.15, 0.2) is 92.8 Å². The van der Waals surface area contributed by atoms with Gasteiger partial charge in [0.25, 0.3) is 0 Å². The Balaban J connectivity index is 2.05. The lowest BCUT2D eigenvalue weighted by molar-refractivity contribution is 1.41. The van der Waals surface area contributed by atoms with E-state index in [1.165, 1.54) is 0 Å². The molecule has 0 radical (unpaired) electrons. The highest BCUT2D eigenvalue weighted by atomic mass is 79.9. The first kappa shape index (κ1) is 18.4. The van der Waals surface area contributed by atoms with E-state index in [-0.39, 0.29) is 11.5 Å². The van der Waals surface area contributed by atoms with Gasteiger partial charge in [0, 0.05) is 25.6 Å². The van der Waals surface area contributed by atoms with Gasteiger partial charge in [-0.25, -0.2) is 4.99 Å². The molecule has 3 rings (SSSR count). The van der Waals surface area contributed by atoms with Gasteiger partial charge in [0.2, 0.25) is 0 Å². The highest BCUT2D eigenvalue weighted by molar-refractivity contribution is 9.10. The molecule has 0 atom stereocenters. The number of hydrogen-bond acceptors (Lipinski definition) is 2. The van der Waals surface area contributed by atoms with E-state index in [1.54, 1.807) is 0 Å². The highest BCUT2D eigenvalue weighted by Gasteiger charge is 2.14. The summed E-state index contributed by atoms with van der Waals surface area (Å²) in [5, 5.41) is 17.0. The molecule has 5 heteroatoms. The molecule has 0 spiro atoms. The average Bonchev–Trinajstić information content (AvgIpc) is 2.67. The summed E-state index contributed by atoms with van der Waals surface area (Å²) < 4.78 is 1.90. The van der Waals surface area contributed by atoms with Crippen LogP contribution >= 0.6 is 31.9 Å². The third-order valence-corrected chi connectivity index (χ3v) is 4.82. The Morgan fingerprint density at radius 3 is 1.65 bits per heavy atom. The fraction of sp³-hybridized carbons (Fsp3) is 0. The Morgan fingerprint density at radius 1 is 0.615 bits per heavy atom. The second-order valence-electron chi connectivity index (χ2n) is 5.56. The molecule has 128 valence electrons. The van der Waals surface area contributed by atoms with E-state index in [0.717, 1.165) is 20.1 Å². The van der Waals surface area contributed by atoms with Gasteiger partial charge in [-0.1, -0.05) is 86.5 Å². The van der Waals surface area contributed by atoms with Crippen molar-refractivity contribution in [3.63, 3.8) is 0 Å². The van der Waals surface area contributed by atoms with Crippen molar-refractivity contribution < 1.29 is 0 Å². The Kier molecular flexibility index (Phi) is 5.91. The molecule has 0 bridgehead atoms. The standard InChI is InChI=1S/C21H15Br2N3/c22-17-10-6-14(7-11-17)19(24)20(15-8-12-18(23)13-9-15)26-21(25)16-4-2-1-3-5-16/h1-13,24-25H. The number of amidine groups is 1. The monoisotopic (exact) mass is 467 g/mol. The molecular weight excluding hydrogens is 454 g/mol. The van der Waals surface area contributed by atoms with Crippen LogP contribution < -0.4 is 0 Å². The van der Waals surface area contributed by atoms with Gasteiger partial charge in [-0.15, -0.1) is 0 Å². The number of nitrogens with one attached hydrogen (secondary N) is 2. The molecule has 26 heavy (non-hydrogen) atoms. The van der Waals surface area contributed by atoms with Crippen molar-refractivity contribution in [1.29, 1.82) is 10.8 Å². The number of nitrogens with zero attached hydrogens (tertiary/aromatic N) is 1. The minimum atomic E-state index is 0.130. The average molecular weight is 469 g/mol. The molecule has 3 aromatic carbocycles. The number of halogens is 2. The SMILES string of the molecule is N=C(N=C(C(=N)c1ccc(Br)cc1)c1ccc(Br)cc1)c1ccccc1. The Labute approximate surface area is 169 Å². The quantitative estimate of drug-likeness (QED) is 0.343. The van der Waals surface area contributed by atoms with Gasteiger partial charge in [-0.3, -0.25) is 10.8 Å². The Morgan fingerprint density at radius 2 is 1.12 bits per heavy atom. The lowest BCUT2D eigenvalue weighted by atomic mass is 9.99. The van der Waals surface area contributed by atoms with E-state index in [0.29, 0.717) is 11.3 Å². The van der Waals surface area contributed by atoms with E-state index < -0.39 is 0 Å². The second-order valence-corrected chi connectivity index (χ2v) is 7.40. The van der Waals surface area contributed by atoms with Crippen molar-refractivity contribution in [2.75, 3.05) is 0 Å². The van der Waals surface area contributed by atoms with E-state index in [2.05, 4.69) is 36.9 Å². The van der Waals surface area contributed by atoms with E-state index in [4.69, 9.17) is 10.8 Å². The summed E-state index contributed by atoms with van der Waals surface area (Å²) in [5.41, 5.74) is 3.00. The number of rotatable bonds is 4. The summed E-state index contributed by atoms with van der Waals surface area (Å²) in [7, 11) is 0. The summed E-state index contributed by atoms with van der Waals surface area (Å²) in [4.78, 5) is 4.49. The van der Waals surface area contributed by atoms with Gasteiger partial charge >= 0.3 is 0 Å². The second kappa shape index (κ2) is 8.34. The first-order valence-electron chi connectivity index (χ1n) is 7.88. The molecule has 0 amide bonds. The predicted molar refractivity (Wildman–Crippen MR) is 115 cm³/mol. The Hall–Kier alpha value is -2.37. The maximum Gasteiger partial charge on any atom is 0.152 e. The number of aliphatic imine (C=N–C) groups is 1. The van der Waals surface area contributed by atoms with E-state index in [1.807, 2.05) is 78.9 Å². The molecule has 2 N–H and O–H groups in total. The van der Waals surface area contributed by atoms with Crippen molar-refractivity contribution >= 4 is 49.1 Å². The van der Waals surface area contributed by atoms with Crippen molar-refractivity contribution in [3.05, 3.63) is 104 Å². The highest BCUT2D eigenvalue weighted by Crippen LogP contribution is 2.17. The van der Waals surface area contributed by atoms with Crippen LogP contribution in [0.3, 0.4) is 0 Å². The van der Waals surface area contributed by atoms with Crippen LogP contribution in [0.4, 0.5) is 0 Å². The number of hydrogen-bond donors (Lipinski definition) is 2. The first-order valence-corrected chi connectivity index (χ1v) is 9.46. The maximum atomic E-state index is 8.65. The lowest BCUT2D eigenvalue weighted by Crippen LogP contribution is -2.18. The molecule has 3 nitrogen and oxygen atoms in total. The maximum absolute atomic E-state index is 8.65. The lowest BCUT2D eigenvalue weighted by Gasteiger charge is -2.10. The summed E-state index contributed by atoms with van der Waals surface area (Å²) in [5.74, 6) is 0.130. The molecule has 0 heterocycles. The van der Waals surface area contributed by atoms with Crippen LogP contribution in [0, 0.1) is 10.8 Å². The van der Waals surface area contributed by atoms with E-state index in [9.17, 15) is 0 Å². The van der Waals surface area contributed by atoms with Gasteiger partial charge in [0.15, 0.2) is 5.84 Å². The van der Waals surface area contributed by atoms with Crippen molar-refractivity contribution in [3.8, 4) is 0 Å². The third-order valence-electron chi connectivity index (χ3n) is 3.76. The smallest absolute Gasteiger partial charge is 0.152 e. The minimum absolute atomic E-state index is 0.130. The summed E-state index contributed by atoms with van der Waals surface area (Å²) in [6, 6.07) is 24.5. The predicted octanol–water partition coefficient (Wildman–Crippen LogP) is 6.09. The largest absolute Gasteiger partial charge is 0.298 e. The molecule has 0 saturated heterocycles. The molecule has 0 fully saturated rings. The van der Waals surface area contributed by atoms with Crippen molar-refractivity contribution in [2.24, 2.45) is 4.99 Å². The van der Waals surface area contributed by atoms with Crippen LogP contribution in [-0.2, 0) is 0 Å². The van der Waals surface area contributed by atoms with Gasteiger partial charge in [-0.2, -0.15) is 0 Å². The minimum Gasteiger partial charge on any atom is -0.298 e. The van der Waals surface area contributed by atoms with Gasteiger partial charge < -0.3 is 0 Å². The number of benzene rings is 3. The molecule has 3 aromatic rings. The molecule has 0 aromatic heterocycles. The normalized spacial score (nSPS) is 11.2. The molecule has 0 aliphatic carbocycles. The first-order chi connectivity index (χ1) is 12.5. The topological polar surface area (TPSA) is 60.1 Å². The molecule has 0 saturated carbocycles. The van der Waals surface area contributed by atoms with Crippen LogP contribution in [-0.4, -0.2) is 17.3 Å². The Bertz CT molecular complexity index is 960. The third kappa shape index (κ3) is 4.42. The zero-order valence-corrected chi connectivity index (χ0v) is 16.9. The van der Waals surface area contributed by atoms with Gasteiger partial charge in [0.05, 0.1) is 11.4 Å².